The van der Waals surface area contributed by atoms with Crippen LogP contribution in [-0.2, 0) is 10.0 Å². The summed E-state index contributed by atoms with van der Waals surface area (Å²) in [6.45, 7) is 0. The van der Waals surface area contributed by atoms with Crippen LogP contribution in [0.3, 0.4) is 0 Å². The molecule has 0 aliphatic carbocycles. The summed E-state index contributed by atoms with van der Waals surface area (Å²) < 4.78 is 33.5. The highest BCUT2D eigenvalue weighted by atomic mass is 32.2. The van der Waals surface area contributed by atoms with E-state index in [4.69, 9.17) is 4.74 Å². The number of fused-ring (bicyclic) bond motifs is 1. The number of pyridine rings is 1. The zero-order valence-electron chi connectivity index (χ0n) is 17.8. The highest BCUT2D eigenvalue weighted by Gasteiger charge is 2.26. The average molecular weight is 464 g/mol. The Hall–Kier alpha value is -2.63. The summed E-state index contributed by atoms with van der Waals surface area (Å²) in [5.74, 6) is 1.19. The maximum Gasteiger partial charge on any atom is 0.251 e. The van der Waals surface area contributed by atoms with Gasteiger partial charge in [0.05, 0.1) is 13.2 Å². The fourth-order valence-electron chi connectivity index (χ4n) is 3.06. The van der Waals surface area contributed by atoms with Crippen molar-refractivity contribution < 1.29 is 17.9 Å². The summed E-state index contributed by atoms with van der Waals surface area (Å²) in [7, 11) is 0.450. The summed E-state index contributed by atoms with van der Waals surface area (Å²) >= 11 is 1.66. The van der Waals surface area contributed by atoms with Crippen molar-refractivity contribution in [1.82, 2.24) is 24.2 Å². The standard InChI is InChI=1S/C20H25N5O4S2/c1-24(2)31(27,28)17-13-14(8-9-16(17)29-3)20(26)21-15(10-12-30-4)19-23-22-18-7-5-6-11-25(18)19/h5-9,11,13,15H,10,12H2,1-4H3,(H,21,26). The van der Waals surface area contributed by atoms with Crippen molar-refractivity contribution >= 4 is 33.3 Å². The second-order valence-electron chi connectivity index (χ2n) is 6.95. The van der Waals surface area contributed by atoms with Crippen LogP contribution in [0, 0.1) is 0 Å². The van der Waals surface area contributed by atoms with E-state index in [2.05, 4.69) is 15.5 Å². The summed E-state index contributed by atoms with van der Waals surface area (Å²) in [4.78, 5) is 13.0. The molecule has 3 rings (SSSR count). The molecule has 0 saturated heterocycles. The minimum absolute atomic E-state index is 0.0683. The number of carbonyl (C=O) groups is 1. The molecule has 1 amide bonds. The number of rotatable bonds is 9. The van der Waals surface area contributed by atoms with Crippen LogP contribution in [-0.4, -0.2) is 66.4 Å². The summed E-state index contributed by atoms with van der Waals surface area (Å²) in [6, 6.07) is 9.53. The molecule has 2 heterocycles. The molecule has 0 fully saturated rings. The number of ether oxygens (including phenoxy) is 1. The van der Waals surface area contributed by atoms with Gasteiger partial charge in [-0.2, -0.15) is 11.8 Å². The van der Waals surface area contributed by atoms with Crippen LogP contribution in [0.15, 0.2) is 47.5 Å². The molecule has 11 heteroatoms. The number of benzene rings is 1. The normalized spacial score (nSPS) is 12.8. The molecule has 0 radical (unpaired) electrons. The number of hydrogen-bond acceptors (Lipinski definition) is 7. The lowest BCUT2D eigenvalue weighted by atomic mass is 10.1. The van der Waals surface area contributed by atoms with Gasteiger partial charge in [0.25, 0.3) is 5.91 Å². The quantitative estimate of drug-likeness (QED) is 0.519. The molecular formula is C20H25N5O4S2. The highest BCUT2D eigenvalue weighted by molar-refractivity contribution is 7.98. The van der Waals surface area contributed by atoms with Gasteiger partial charge in [-0.05, 0) is 48.8 Å². The van der Waals surface area contributed by atoms with Gasteiger partial charge in [0.2, 0.25) is 10.0 Å². The van der Waals surface area contributed by atoms with Gasteiger partial charge in [-0.25, -0.2) is 12.7 Å². The van der Waals surface area contributed by atoms with Gasteiger partial charge in [-0.3, -0.25) is 9.20 Å². The molecule has 1 N–H and O–H groups in total. The number of aromatic nitrogens is 3. The number of methoxy groups -OCH3 is 1. The molecular weight excluding hydrogens is 438 g/mol. The lowest BCUT2D eigenvalue weighted by molar-refractivity contribution is 0.0933. The first-order valence-electron chi connectivity index (χ1n) is 9.49. The van der Waals surface area contributed by atoms with E-state index in [1.54, 1.807) is 11.8 Å². The molecule has 3 aromatic rings. The molecule has 0 bridgehead atoms. The van der Waals surface area contributed by atoms with Crippen molar-refractivity contribution in [2.24, 2.45) is 0 Å². The SMILES string of the molecule is COc1ccc(C(=O)NC(CCSC)c2nnc3ccccn23)cc1S(=O)(=O)N(C)C. The predicted molar refractivity (Wildman–Crippen MR) is 120 cm³/mol. The van der Waals surface area contributed by atoms with E-state index < -0.39 is 22.0 Å². The van der Waals surface area contributed by atoms with Gasteiger partial charge in [0.15, 0.2) is 11.5 Å². The maximum absolute atomic E-state index is 13.1. The lowest BCUT2D eigenvalue weighted by Gasteiger charge is -2.18. The number of hydrogen-bond donors (Lipinski definition) is 1. The minimum Gasteiger partial charge on any atom is -0.495 e. The van der Waals surface area contributed by atoms with E-state index in [-0.39, 0.29) is 16.2 Å². The van der Waals surface area contributed by atoms with Crippen LogP contribution in [0.1, 0.15) is 28.6 Å². The second-order valence-corrected chi connectivity index (χ2v) is 10.1. The van der Waals surface area contributed by atoms with Crippen molar-refractivity contribution in [2.45, 2.75) is 17.4 Å². The molecule has 1 aromatic carbocycles. The third kappa shape index (κ3) is 4.83. The molecule has 0 aliphatic rings. The molecule has 166 valence electrons. The Bertz CT molecular complexity index is 1180. The maximum atomic E-state index is 13.1. The number of nitrogens with zero attached hydrogens (tertiary/aromatic N) is 4. The Morgan fingerprint density at radius 2 is 2.03 bits per heavy atom. The molecule has 9 nitrogen and oxygen atoms in total. The molecule has 31 heavy (non-hydrogen) atoms. The Kier molecular flexibility index (Phi) is 7.19. The van der Waals surface area contributed by atoms with Crippen LogP contribution in [0.25, 0.3) is 5.65 Å². The number of amides is 1. The van der Waals surface area contributed by atoms with Crippen molar-refractivity contribution in [3.05, 3.63) is 54.0 Å². The summed E-state index contributed by atoms with van der Waals surface area (Å²) in [6.07, 6.45) is 4.47. The number of nitrogens with one attached hydrogen (secondary N) is 1. The first-order valence-corrected chi connectivity index (χ1v) is 12.3. The Morgan fingerprint density at radius 3 is 2.71 bits per heavy atom. The molecule has 0 saturated carbocycles. The third-order valence-corrected chi connectivity index (χ3v) is 7.23. The van der Waals surface area contributed by atoms with Gasteiger partial charge in [0.1, 0.15) is 10.6 Å². The third-order valence-electron chi connectivity index (χ3n) is 4.75. The number of sulfonamides is 1. The summed E-state index contributed by atoms with van der Waals surface area (Å²) in [5.41, 5.74) is 0.897. The zero-order chi connectivity index (χ0) is 22.6. The fraction of sp³-hybridized carbons (Fsp3) is 0.350. The van der Waals surface area contributed by atoms with Crippen molar-refractivity contribution in [2.75, 3.05) is 33.2 Å². The van der Waals surface area contributed by atoms with Crippen molar-refractivity contribution in [3.8, 4) is 5.75 Å². The fourth-order valence-corrected chi connectivity index (χ4v) is 4.60. The van der Waals surface area contributed by atoms with Crippen LogP contribution in [0.2, 0.25) is 0 Å². The largest absolute Gasteiger partial charge is 0.495 e. The number of carbonyl (C=O) groups excluding carboxylic acids is 1. The van der Waals surface area contributed by atoms with Crippen molar-refractivity contribution in [1.29, 1.82) is 0 Å². The van der Waals surface area contributed by atoms with Gasteiger partial charge in [-0.15, -0.1) is 10.2 Å². The van der Waals surface area contributed by atoms with E-state index in [0.717, 1.165) is 10.1 Å². The highest BCUT2D eigenvalue weighted by Crippen LogP contribution is 2.27. The van der Waals surface area contributed by atoms with Gasteiger partial charge >= 0.3 is 0 Å². The Balaban J connectivity index is 1.95. The van der Waals surface area contributed by atoms with Gasteiger partial charge in [0, 0.05) is 25.9 Å². The number of thioether (sulfide) groups is 1. The monoisotopic (exact) mass is 463 g/mol. The topological polar surface area (TPSA) is 106 Å². The minimum atomic E-state index is -3.79. The molecule has 2 aromatic heterocycles. The van der Waals surface area contributed by atoms with Crippen molar-refractivity contribution in [3.63, 3.8) is 0 Å². The van der Waals surface area contributed by atoms with E-state index in [0.29, 0.717) is 17.9 Å². The van der Waals surface area contributed by atoms with Gasteiger partial charge < -0.3 is 10.1 Å². The van der Waals surface area contributed by atoms with Crippen LogP contribution in [0.4, 0.5) is 0 Å². The lowest BCUT2D eigenvalue weighted by Crippen LogP contribution is -2.31. The second kappa shape index (κ2) is 9.67. The Labute approximate surface area is 185 Å². The average Bonchev–Trinajstić information content (AvgIpc) is 3.20. The summed E-state index contributed by atoms with van der Waals surface area (Å²) in [5, 5.41) is 11.4. The van der Waals surface area contributed by atoms with Crippen LogP contribution < -0.4 is 10.1 Å². The molecule has 0 aliphatic heterocycles. The van der Waals surface area contributed by atoms with E-state index in [1.807, 2.05) is 35.1 Å². The van der Waals surface area contributed by atoms with Crippen LogP contribution in [0.5, 0.6) is 5.75 Å². The molecule has 1 atom stereocenters. The zero-order valence-corrected chi connectivity index (χ0v) is 19.4. The first-order chi connectivity index (χ1) is 14.8. The molecule has 0 spiro atoms. The smallest absolute Gasteiger partial charge is 0.251 e. The van der Waals surface area contributed by atoms with E-state index >= 15 is 0 Å². The van der Waals surface area contributed by atoms with Crippen LogP contribution >= 0.6 is 11.8 Å². The van der Waals surface area contributed by atoms with E-state index in [1.165, 1.54) is 39.4 Å². The molecule has 1 unspecified atom stereocenters. The first kappa shape index (κ1) is 23.0. The van der Waals surface area contributed by atoms with E-state index in [9.17, 15) is 13.2 Å². The predicted octanol–water partition coefficient (Wildman–Crippen LogP) is 2.21. The van der Waals surface area contributed by atoms with Gasteiger partial charge in [-0.1, -0.05) is 6.07 Å². The Morgan fingerprint density at radius 1 is 1.26 bits per heavy atom.